The Bertz CT molecular complexity index is 1270. The average molecular weight is 501 g/mol. The van der Waals surface area contributed by atoms with Crippen LogP contribution in [0.2, 0.25) is 0 Å². The molecule has 0 aromatic rings. The minimum absolute atomic E-state index is 0.546. The molecule has 0 aromatic carbocycles. The Morgan fingerprint density at radius 3 is 2.45 bits per heavy atom. The standard InChI is InChI=1S/C38H44/c1-26(27-19-21-29(22-20-27)28-11-4-2-5-12-28)32-23-24-35(37-25-36(32)37)38(31-14-6-3-7-15-31)34-18-10-16-30-13-8-9-17-33(30)34/h3-4,6-7,9,11-12,14,17-18,21,23-24,26-27,31,36-38H,2,5,8,10,13,15-16,19-20,22,25H2,1H3. The molecule has 6 unspecified atom stereocenters. The van der Waals surface area contributed by atoms with Gasteiger partial charge in [-0.3, -0.25) is 0 Å². The second-order valence-corrected chi connectivity index (χ2v) is 12.8. The van der Waals surface area contributed by atoms with Gasteiger partial charge in [0.05, 0.1) is 0 Å². The van der Waals surface area contributed by atoms with Gasteiger partial charge in [-0.15, -0.1) is 0 Å². The van der Waals surface area contributed by atoms with Crippen LogP contribution < -0.4 is 0 Å². The Hall–Kier alpha value is -2.60. The van der Waals surface area contributed by atoms with E-state index >= 15 is 0 Å². The second kappa shape index (κ2) is 10.5. The third kappa shape index (κ3) is 4.59. The number of hydrogen-bond acceptors (Lipinski definition) is 0. The topological polar surface area (TPSA) is 0 Å². The molecule has 7 aliphatic rings. The Morgan fingerprint density at radius 1 is 0.763 bits per heavy atom. The highest BCUT2D eigenvalue weighted by Crippen LogP contribution is 2.59. The lowest BCUT2D eigenvalue weighted by Crippen LogP contribution is -2.25. The van der Waals surface area contributed by atoms with Crippen molar-refractivity contribution in [1.29, 1.82) is 0 Å². The summed E-state index contributed by atoms with van der Waals surface area (Å²) in [5.41, 5.74) is 11.6. The van der Waals surface area contributed by atoms with Crippen LogP contribution in [0.4, 0.5) is 0 Å². The fourth-order valence-electron chi connectivity index (χ4n) is 8.47. The van der Waals surface area contributed by atoms with Gasteiger partial charge in [-0.25, -0.2) is 0 Å². The van der Waals surface area contributed by atoms with Gasteiger partial charge in [-0.1, -0.05) is 103 Å². The highest BCUT2D eigenvalue weighted by Gasteiger charge is 2.49. The summed E-state index contributed by atoms with van der Waals surface area (Å²) in [5, 5.41) is 0. The predicted molar refractivity (Wildman–Crippen MR) is 161 cm³/mol. The summed E-state index contributed by atoms with van der Waals surface area (Å²) >= 11 is 0. The number of fused-ring (bicyclic) bond motifs is 1. The van der Waals surface area contributed by atoms with E-state index in [2.05, 4.69) is 85.9 Å². The van der Waals surface area contributed by atoms with Crippen molar-refractivity contribution in [1.82, 2.24) is 0 Å². The van der Waals surface area contributed by atoms with Gasteiger partial charge >= 0.3 is 0 Å². The molecule has 0 amide bonds. The third-order valence-corrected chi connectivity index (χ3v) is 10.7. The maximum atomic E-state index is 2.62. The molecule has 0 N–H and O–H groups in total. The predicted octanol–water partition coefficient (Wildman–Crippen LogP) is 10.2. The van der Waals surface area contributed by atoms with Gasteiger partial charge in [-0.05, 0) is 123 Å². The summed E-state index contributed by atoms with van der Waals surface area (Å²) in [6, 6.07) is 0. The monoisotopic (exact) mass is 500 g/mol. The van der Waals surface area contributed by atoms with Crippen molar-refractivity contribution in [2.45, 2.75) is 77.6 Å². The average Bonchev–Trinajstić information content (AvgIpc) is 3.80. The normalized spacial score (nSPS) is 33.3. The van der Waals surface area contributed by atoms with Crippen LogP contribution in [0.1, 0.15) is 77.6 Å². The molecule has 0 aromatic heterocycles. The van der Waals surface area contributed by atoms with Gasteiger partial charge in [-0.2, -0.15) is 0 Å². The minimum Gasteiger partial charge on any atom is -0.0839 e. The molecule has 7 aliphatic carbocycles. The Balaban J connectivity index is 1.14. The fourth-order valence-corrected chi connectivity index (χ4v) is 8.47. The molecule has 0 saturated heterocycles. The maximum absolute atomic E-state index is 2.62. The Morgan fingerprint density at radius 2 is 1.63 bits per heavy atom. The fraction of sp³-hybridized carbons (Fsp3) is 0.474. The van der Waals surface area contributed by atoms with Gasteiger partial charge in [0, 0.05) is 5.92 Å². The molecule has 1 fully saturated rings. The van der Waals surface area contributed by atoms with Crippen molar-refractivity contribution in [3.05, 3.63) is 118 Å². The zero-order valence-electron chi connectivity index (χ0n) is 23.2. The number of rotatable bonds is 6. The molecule has 38 heavy (non-hydrogen) atoms. The summed E-state index contributed by atoms with van der Waals surface area (Å²) in [4.78, 5) is 0. The first-order valence-electron chi connectivity index (χ1n) is 15.7. The minimum atomic E-state index is 0.546. The first kappa shape index (κ1) is 24.4. The van der Waals surface area contributed by atoms with E-state index in [0.29, 0.717) is 17.8 Å². The SMILES string of the molecule is CC(C1=CC=C(C(C2=CCCC3=C2C=CCC3)C2C=CC=CC2)C2CC12)C1CC=C(C2=CCCC=C2)CC1. The summed E-state index contributed by atoms with van der Waals surface area (Å²) < 4.78 is 0. The zero-order chi connectivity index (χ0) is 25.5. The van der Waals surface area contributed by atoms with Crippen LogP contribution in [-0.2, 0) is 0 Å². The van der Waals surface area contributed by atoms with Crippen LogP contribution in [0.15, 0.2) is 118 Å². The van der Waals surface area contributed by atoms with Crippen LogP contribution in [0.5, 0.6) is 0 Å². The van der Waals surface area contributed by atoms with Crippen molar-refractivity contribution < 1.29 is 0 Å². The van der Waals surface area contributed by atoms with Gasteiger partial charge in [0.25, 0.3) is 0 Å². The molecular formula is C38H44. The summed E-state index contributed by atoms with van der Waals surface area (Å²) in [6.07, 6.45) is 45.8. The summed E-state index contributed by atoms with van der Waals surface area (Å²) in [6.45, 7) is 2.54. The van der Waals surface area contributed by atoms with E-state index in [1.165, 1.54) is 76.2 Å². The number of allylic oxidation sites excluding steroid dienone is 20. The molecule has 196 valence electrons. The molecule has 0 heterocycles. The molecule has 0 spiro atoms. The molecule has 6 atom stereocenters. The van der Waals surface area contributed by atoms with Crippen molar-refractivity contribution in [2.75, 3.05) is 0 Å². The van der Waals surface area contributed by atoms with Crippen molar-refractivity contribution in [2.24, 2.45) is 35.5 Å². The van der Waals surface area contributed by atoms with Gasteiger partial charge < -0.3 is 0 Å². The lowest BCUT2D eigenvalue weighted by atomic mass is 9.68. The van der Waals surface area contributed by atoms with E-state index in [0.717, 1.165) is 17.8 Å². The van der Waals surface area contributed by atoms with E-state index < -0.39 is 0 Å². The first-order chi connectivity index (χ1) is 18.8. The maximum Gasteiger partial charge on any atom is 0.0123 e. The van der Waals surface area contributed by atoms with Gasteiger partial charge in [0.15, 0.2) is 0 Å². The van der Waals surface area contributed by atoms with Gasteiger partial charge in [0.2, 0.25) is 0 Å². The van der Waals surface area contributed by atoms with Crippen molar-refractivity contribution in [3.8, 4) is 0 Å². The molecule has 0 aliphatic heterocycles. The van der Waals surface area contributed by atoms with E-state index in [9.17, 15) is 0 Å². The summed E-state index contributed by atoms with van der Waals surface area (Å²) in [5.74, 6) is 4.22. The third-order valence-electron chi connectivity index (χ3n) is 10.7. The van der Waals surface area contributed by atoms with Crippen LogP contribution in [0, 0.1) is 35.5 Å². The lowest BCUT2D eigenvalue weighted by Gasteiger charge is -2.36. The smallest absolute Gasteiger partial charge is 0.0123 e. The van der Waals surface area contributed by atoms with Crippen LogP contribution in [-0.4, -0.2) is 0 Å². The lowest BCUT2D eigenvalue weighted by molar-refractivity contribution is 0.355. The van der Waals surface area contributed by atoms with Crippen molar-refractivity contribution >= 4 is 0 Å². The van der Waals surface area contributed by atoms with E-state index in [1.54, 1.807) is 33.4 Å². The van der Waals surface area contributed by atoms with Gasteiger partial charge in [0.1, 0.15) is 0 Å². The zero-order valence-corrected chi connectivity index (χ0v) is 23.2. The Labute approximate surface area is 230 Å². The summed E-state index contributed by atoms with van der Waals surface area (Å²) in [7, 11) is 0. The van der Waals surface area contributed by atoms with E-state index in [1.807, 2.05) is 0 Å². The highest BCUT2D eigenvalue weighted by molar-refractivity contribution is 5.54. The molecule has 0 heteroatoms. The van der Waals surface area contributed by atoms with Crippen LogP contribution in [0.3, 0.4) is 0 Å². The molecule has 0 nitrogen and oxygen atoms in total. The van der Waals surface area contributed by atoms with Crippen LogP contribution >= 0.6 is 0 Å². The second-order valence-electron chi connectivity index (χ2n) is 12.8. The quantitative estimate of drug-likeness (QED) is 0.340. The van der Waals surface area contributed by atoms with E-state index in [4.69, 9.17) is 0 Å². The highest BCUT2D eigenvalue weighted by atomic mass is 14.5. The molecular weight excluding hydrogens is 456 g/mol. The molecule has 0 bridgehead atoms. The molecule has 1 saturated carbocycles. The Kier molecular flexibility index (Phi) is 6.77. The van der Waals surface area contributed by atoms with Crippen molar-refractivity contribution in [3.63, 3.8) is 0 Å². The first-order valence-corrected chi connectivity index (χ1v) is 15.7. The molecule has 7 rings (SSSR count). The van der Waals surface area contributed by atoms with Crippen LogP contribution in [0.25, 0.3) is 0 Å². The van der Waals surface area contributed by atoms with E-state index in [-0.39, 0.29) is 0 Å². The number of hydrogen-bond donors (Lipinski definition) is 0. The largest absolute Gasteiger partial charge is 0.0839 e. The molecule has 0 radical (unpaired) electrons.